The largest absolute Gasteiger partial charge is 0.465 e. The van der Waals surface area contributed by atoms with Gasteiger partial charge in [-0.25, -0.2) is 9.59 Å². The van der Waals surface area contributed by atoms with Gasteiger partial charge in [0.05, 0.1) is 34.1 Å². The normalized spacial score (nSPS) is 20.5. The van der Waals surface area contributed by atoms with E-state index in [1.165, 1.54) is 30.6 Å². The number of likely N-dealkylation sites (tertiary alicyclic amines) is 2. The van der Waals surface area contributed by atoms with Crippen LogP contribution in [0, 0.1) is 0 Å². The van der Waals surface area contributed by atoms with Gasteiger partial charge in [-0.15, -0.1) is 0 Å². The van der Waals surface area contributed by atoms with Crippen LogP contribution in [0.2, 0.25) is 15.1 Å². The van der Waals surface area contributed by atoms with E-state index in [-0.39, 0.29) is 21.6 Å². The van der Waals surface area contributed by atoms with Gasteiger partial charge >= 0.3 is 12.0 Å². The predicted octanol–water partition coefficient (Wildman–Crippen LogP) is 7.13. The molecule has 0 aromatic heterocycles. The van der Waals surface area contributed by atoms with Crippen LogP contribution in [0.5, 0.6) is 0 Å². The van der Waals surface area contributed by atoms with Crippen molar-refractivity contribution in [3.8, 4) is 11.1 Å². The Morgan fingerprint density at radius 3 is 2.37 bits per heavy atom. The van der Waals surface area contributed by atoms with E-state index in [9.17, 15) is 9.59 Å². The molecule has 2 bridgehead atoms. The lowest BCUT2D eigenvalue weighted by Gasteiger charge is -2.37. The van der Waals surface area contributed by atoms with Crippen molar-refractivity contribution in [2.45, 2.75) is 51.5 Å². The van der Waals surface area contributed by atoms with Crippen LogP contribution >= 0.6 is 34.8 Å². The van der Waals surface area contributed by atoms with Crippen LogP contribution in [-0.4, -0.2) is 60.1 Å². The van der Waals surface area contributed by atoms with Crippen molar-refractivity contribution in [2.75, 3.05) is 25.1 Å². The van der Waals surface area contributed by atoms with Gasteiger partial charge in [-0.3, -0.25) is 14.7 Å². The first-order chi connectivity index (χ1) is 19.7. The molecule has 2 atom stereocenters. The van der Waals surface area contributed by atoms with Gasteiger partial charge in [0.25, 0.3) is 0 Å². The number of amides is 2. The second-order valence-electron chi connectivity index (χ2n) is 11.2. The van der Waals surface area contributed by atoms with Crippen LogP contribution in [0.1, 0.15) is 41.8 Å². The highest BCUT2D eigenvalue weighted by Crippen LogP contribution is 2.46. The topological polar surface area (TPSA) is 65.1 Å². The molecule has 0 spiro atoms. The summed E-state index contributed by atoms with van der Waals surface area (Å²) in [6.07, 6.45) is 1.17. The average Bonchev–Trinajstić information content (AvgIpc) is 3.54. The lowest BCUT2D eigenvalue weighted by Crippen LogP contribution is -2.48. The van der Waals surface area contributed by atoms with Crippen molar-refractivity contribution in [2.24, 2.45) is 0 Å². The van der Waals surface area contributed by atoms with E-state index < -0.39 is 5.97 Å². The Labute approximate surface area is 254 Å². The number of esters is 1. The van der Waals surface area contributed by atoms with E-state index in [1.54, 1.807) is 0 Å². The molecule has 2 saturated heterocycles. The summed E-state index contributed by atoms with van der Waals surface area (Å²) in [5.74, 6) is -0.567. The number of piperazine rings is 1. The maximum absolute atomic E-state index is 13.5. The summed E-state index contributed by atoms with van der Waals surface area (Å²) in [5, 5.41) is 3.92. The van der Waals surface area contributed by atoms with Gasteiger partial charge < -0.3 is 10.1 Å². The fourth-order valence-corrected chi connectivity index (χ4v) is 7.44. The average molecular weight is 614 g/mol. The van der Waals surface area contributed by atoms with Gasteiger partial charge in [-0.1, -0.05) is 53.0 Å². The van der Waals surface area contributed by atoms with Crippen LogP contribution in [0.3, 0.4) is 0 Å². The summed E-state index contributed by atoms with van der Waals surface area (Å²) in [5.41, 5.74) is 4.99. The number of rotatable bonds is 6. The van der Waals surface area contributed by atoms with Crippen molar-refractivity contribution >= 4 is 58.2 Å². The molecule has 10 heteroatoms. The molecule has 7 nitrogen and oxygen atoms in total. The maximum Gasteiger partial charge on any atom is 0.337 e. The van der Waals surface area contributed by atoms with Gasteiger partial charge in [0, 0.05) is 60.5 Å². The zero-order chi connectivity index (χ0) is 29.0. The van der Waals surface area contributed by atoms with Crippen molar-refractivity contribution in [1.29, 1.82) is 0 Å². The van der Waals surface area contributed by atoms with Gasteiger partial charge in [0.1, 0.15) is 0 Å². The Balaban J connectivity index is 1.46. The first-order valence-electron chi connectivity index (χ1n) is 13.7. The summed E-state index contributed by atoms with van der Waals surface area (Å²) in [7, 11) is 1.29. The molecule has 6 rings (SSSR count). The van der Waals surface area contributed by atoms with Crippen LogP contribution in [0.25, 0.3) is 11.1 Å². The smallest absolute Gasteiger partial charge is 0.337 e. The SMILES string of the molecule is COC(=O)c1cc(Cl)c(N2C(=O)NCc3c(-c4ccccc4Cl)cc(CN4CC5CC4CN5C(C)C)cc32)c(Cl)c1. The lowest BCUT2D eigenvalue weighted by atomic mass is 9.93. The Morgan fingerprint density at radius 1 is 1.00 bits per heavy atom. The number of nitrogens with one attached hydrogen (secondary N) is 1. The van der Waals surface area contributed by atoms with Gasteiger partial charge in [0.15, 0.2) is 0 Å². The summed E-state index contributed by atoms with van der Waals surface area (Å²) < 4.78 is 4.84. The number of fused-ring (bicyclic) bond motifs is 3. The molecule has 0 saturated carbocycles. The summed E-state index contributed by atoms with van der Waals surface area (Å²) in [6.45, 7) is 7.67. The van der Waals surface area contributed by atoms with Crippen LogP contribution < -0.4 is 10.2 Å². The fourth-order valence-electron chi connectivity index (χ4n) is 6.54. The number of hydrogen-bond acceptors (Lipinski definition) is 5. The highest BCUT2D eigenvalue weighted by Gasteiger charge is 2.44. The zero-order valence-corrected chi connectivity index (χ0v) is 25.4. The number of carbonyl (C=O) groups excluding carboxylic acids is 2. The second kappa shape index (κ2) is 11.1. The Bertz CT molecular complexity index is 1520. The third-order valence-electron chi connectivity index (χ3n) is 8.42. The van der Waals surface area contributed by atoms with E-state index >= 15 is 0 Å². The number of hydrogen-bond donors (Lipinski definition) is 1. The number of urea groups is 1. The molecule has 3 aromatic rings. The van der Waals surface area contributed by atoms with Crippen molar-refractivity contribution in [3.05, 3.63) is 80.3 Å². The van der Waals surface area contributed by atoms with E-state index in [0.717, 1.165) is 41.9 Å². The minimum Gasteiger partial charge on any atom is -0.465 e. The highest BCUT2D eigenvalue weighted by molar-refractivity contribution is 6.41. The van der Waals surface area contributed by atoms with Crippen molar-refractivity contribution in [3.63, 3.8) is 0 Å². The number of methoxy groups -OCH3 is 1. The molecule has 41 heavy (non-hydrogen) atoms. The van der Waals surface area contributed by atoms with E-state index in [4.69, 9.17) is 39.5 Å². The van der Waals surface area contributed by atoms with Gasteiger partial charge in [0.2, 0.25) is 0 Å². The first kappa shape index (κ1) is 28.3. The first-order valence-corrected chi connectivity index (χ1v) is 14.9. The Morgan fingerprint density at radius 2 is 1.73 bits per heavy atom. The van der Waals surface area contributed by atoms with Crippen LogP contribution in [0.15, 0.2) is 48.5 Å². The maximum atomic E-state index is 13.5. The second-order valence-corrected chi connectivity index (χ2v) is 12.4. The Kier molecular flexibility index (Phi) is 7.68. The van der Waals surface area contributed by atoms with Crippen LogP contribution in [-0.2, 0) is 17.8 Å². The van der Waals surface area contributed by atoms with E-state index in [1.807, 2.05) is 24.3 Å². The molecule has 3 aliphatic heterocycles. The van der Waals surface area contributed by atoms with E-state index in [2.05, 4.69) is 41.1 Å². The molecule has 2 amide bonds. The number of ether oxygens (including phenoxy) is 1. The Hall–Kier alpha value is -2.81. The number of carbonyl (C=O) groups is 2. The monoisotopic (exact) mass is 612 g/mol. The number of halogens is 3. The molecule has 0 aliphatic carbocycles. The molecule has 214 valence electrons. The molecule has 1 N–H and O–H groups in total. The van der Waals surface area contributed by atoms with Crippen molar-refractivity contribution in [1.82, 2.24) is 15.1 Å². The minimum atomic E-state index is -0.567. The quantitative estimate of drug-likeness (QED) is 0.300. The molecule has 2 unspecified atom stereocenters. The molecule has 3 aromatic carbocycles. The third-order valence-corrected chi connectivity index (χ3v) is 9.32. The number of benzene rings is 3. The fraction of sp³-hybridized carbons (Fsp3) is 0.355. The van der Waals surface area contributed by atoms with Crippen molar-refractivity contribution < 1.29 is 14.3 Å². The predicted molar refractivity (Wildman–Crippen MR) is 164 cm³/mol. The van der Waals surface area contributed by atoms with Gasteiger partial charge in [-0.2, -0.15) is 0 Å². The molecule has 0 radical (unpaired) electrons. The van der Waals surface area contributed by atoms with E-state index in [0.29, 0.717) is 41.1 Å². The van der Waals surface area contributed by atoms with Crippen LogP contribution in [0.4, 0.5) is 16.2 Å². The lowest BCUT2D eigenvalue weighted by molar-refractivity contribution is 0.0600. The number of nitrogens with zero attached hydrogens (tertiary/aromatic N) is 3. The summed E-state index contributed by atoms with van der Waals surface area (Å²) in [4.78, 5) is 32.3. The molecule has 3 heterocycles. The molecular weight excluding hydrogens is 583 g/mol. The summed E-state index contributed by atoms with van der Waals surface area (Å²) >= 11 is 20.1. The zero-order valence-electron chi connectivity index (χ0n) is 23.1. The molecule has 2 fully saturated rings. The van der Waals surface area contributed by atoms with Gasteiger partial charge in [-0.05, 0) is 61.7 Å². The molecular formula is C31H31Cl3N4O3. The standard InChI is InChI=1S/C31H31Cl3N4O3/c1-17(2)37-16-20-12-21(37)15-36(20)14-18-8-23(22-6-4-5-7-25(22)32)24-13-35-31(40)38(28(24)9-18)29-26(33)10-19(11-27(29)34)30(39)41-3/h4-11,17,20-21H,12-16H2,1-3H3,(H,35,40). The number of anilines is 2. The minimum absolute atomic E-state index is 0.163. The third kappa shape index (κ3) is 5.08. The highest BCUT2D eigenvalue weighted by atomic mass is 35.5. The summed E-state index contributed by atoms with van der Waals surface area (Å²) in [6, 6.07) is 16.1. The molecule has 3 aliphatic rings.